The Labute approximate surface area is 107 Å². The number of hydrogen-bond acceptors (Lipinski definition) is 3. The summed E-state index contributed by atoms with van der Waals surface area (Å²) in [5.74, 6) is -0.446. The molecule has 1 aliphatic carbocycles. The molecule has 0 aliphatic heterocycles. The normalized spacial score (nSPS) is 14.3. The van der Waals surface area contributed by atoms with E-state index in [1.807, 2.05) is 0 Å². The highest BCUT2D eigenvalue weighted by atomic mass is 79.9. The minimum absolute atomic E-state index is 0.0905. The van der Waals surface area contributed by atoms with Crippen LogP contribution in [0.25, 0.3) is 0 Å². The number of carboxylic acids is 1. The van der Waals surface area contributed by atoms with Crippen molar-refractivity contribution in [3.05, 3.63) is 27.7 Å². The van der Waals surface area contributed by atoms with Gasteiger partial charge in [-0.25, -0.2) is 4.79 Å². The fourth-order valence-electron chi connectivity index (χ4n) is 1.95. The van der Waals surface area contributed by atoms with Gasteiger partial charge < -0.3 is 9.84 Å². The van der Waals surface area contributed by atoms with Crippen LogP contribution < -0.4 is 4.74 Å². The lowest BCUT2D eigenvalue weighted by molar-refractivity contribution is -0.139. The zero-order valence-corrected chi connectivity index (χ0v) is 10.6. The summed E-state index contributed by atoms with van der Waals surface area (Å²) >= 11 is 3.30. The first-order valence-electron chi connectivity index (χ1n) is 5.28. The lowest BCUT2D eigenvalue weighted by atomic mass is 9.90. The van der Waals surface area contributed by atoms with Gasteiger partial charge in [-0.15, -0.1) is 0 Å². The summed E-state index contributed by atoms with van der Waals surface area (Å²) in [7, 11) is 0. The van der Waals surface area contributed by atoms with Gasteiger partial charge in [0, 0.05) is 22.0 Å². The third-order valence-corrected chi connectivity index (χ3v) is 3.11. The summed E-state index contributed by atoms with van der Waals surface area (Å²) in [6.07, 6.45) is 2.09. The molecule has 0 bridgehead atoms. The second-order valence-corrected chi connectivity index (χ2v) is 4.80. The lowest BCUT2D eigenvalue weighted by Crippen LogP contribution is -2.15. The molecule has 0 amide bonds. The van der Waals surface area contributed by atoms with E-state index in [-0.39, 0.29) is 5.78 Å². The summed E-state index contributed by atoms with van der Waals surface area (Å²) in [4.78, 5) is 22.2. The molecule has 0 atom stereocenters. The number of fused-ring (bicyclic) bond motifs is 1. The molecule has 5 heteroatoms. The van der Waals surface area contributed by atoms with Crippen molar-refractivity contribution >= 4 is 27.7 Å². The zero-order valence-electron chi connectivity index (χ0n) is 9.03. The quantitative estimate of drug-likeness (QED) is 0.931. The largest absolute Gasteiger partial charge is 0.482 e. The van der Waals surface area contributed by atoms with E-state index in [4.69, 9.17) is 9.84 Å². The molecule has 1 aromatic rings. The van der Waals surface area contributed by atoms with Crippen LogP contribution in [0.1, 0.15) is 28.8 Å². The van der Waals surface area contributed by atoms with Crippen LogP contribution >= 0.6 is 15.9 Å². The summed E-state index contributed by atoms with van der Waals surface area (Å²) in [6.45, 7) is -0.392. The highest BCUT2D eigenvalue weighted by molar-refractivity contribution is 9.10. The number of halogens is 1. The van der Waals surface area contributed by atoms with Gasteiger partial charge in [0.1, 0.15) is 5.75 Å². The van der Waals surface area contributed by atoms with Crippen molar-refractivity contribution in [1.29, 1.82) is 0 Å². The molecular weight excluding hydrogens is 288 g/mol. The van der Waals surface area contributed by atoms with Gasteiger partial charge in [-0.3, -0.25) is 4.79 Å². The van der Waals surface area contributed by atoms with Crippen LogP contribution in [0, 0.1) is 0 Å². The van der Waals surface area contributed by atoms with Crippen LogP contribution in [0.15, 0.2) is 16.6 Å². The molecule has 0 fully saturated rings. The van der Waals surface area contributed by atoms with E-state index in [9.17, 15) is 9.59 Å². The SMILES string of the molecule is O=C(O)COc1cc(Br)cc2c1CCCC2=O. The fourth-order valence-corrected chi connectivity index (χ4v) is 2.38. The third-order valence-electron chi connectivity index (χ3n) is 2.66. The number of Topliss-reactive ketones (excluding diaryl/α,β-unsaturated/α-hetero) is 1. The maximum Gasteiger partial charge on any atom is 0.341 e. The van der Waals surface area contributed by atoms with Crippen molar-refractivity contribution < 1.29 is 19.4 Å². The molecule has 0 heterocycles. The Balaban J connectivity index is 2.37. The lowest BCUT2D eigenvalue weighted by Gasteiger charge is -2.18. The van der Waals surface area contributed by atoms with Gasteiger partial charge in [0.25, 0.3) is 0 Å². The molecule has 4 nitrogen and oxygen atoms in total. The van der Waals surface area contributed by atoms with Crippen molar-refractivity contribution in [2.75, 3.05) is 6.61 Å². The number of hydrogen-bond donors (Lipinski definition) is 1. The number of aliphatic carboxylic acids is 1. The number of rotatable bonds is 3. The van der Waals surface area contributed by atoms with Crippen LogP contribution in [0.2, 0.25) is 0 Å². The molecule has 0 saturated heterocycles. The van der Waals surface area contributed by atoms with Gasteiger partial charge in [-0.05, 0) is 25.0 Å². The van der Waals surface area contributed by atoms with E-state index in [0.717, 1.165) is 22.9 Å². The Morgan fingerprint density at radius 3 is 2.88 bits per heavy atom. The average Bonchev–Trinajstić information content (AvgIpc) is 2.27. The van der Waals surface area contributed by atoms with Crippen molar-refractivity contribution in [3.63, 3.8) is 0 Å². The van der Waals surface area contributed by atoms with Gasteiger partial charge in [-0.1, -0.05) is 15.9 Å². The van der Waals surface area contributed by atoms with Crippen LogP contribution in [0.5, 0.6) is 5.75 Å². The molecule has 1 N–H and O–H groups in total. The number of ketones is 1. The average molecular weight is 299 g/mol. The highest BCUT2D eigenvalue weighted by Gasteiger charge is 2.21. The predicted octanol–water partition coefficient (Wildman–Crippen LogP) is 2.43. The van der Waals surface area contributed by atoms with Gasteiger partial charge >= 0.3 is 5.97 Å². The van der Waals surface area contributed by atoms with E-state index in [1.165, 1.54) is 0 Å². The summed E-state index contributed by atoms with van der Waals surface area (Å²) in [6, 6.07) is 3.48. The van der Waals surface area contributed by atoms with E-state index < -0.39 is 12.6 Å². The maximum absolute atomic E-state index is 11.7. The van der Waals surface area contributed by atoms with Crippen LogP contribution in [-0.4, -0.2) is 23.5 Å². The first kappa shape index (κ1) is 12.1. The number of benzene rings is 1. The monoisotopic (exact) mass is 298 g/mol. The molecule has 0 aromatic heterocycles. The Morgan fingerprint density at radius 1 is 1.41 bits per heavy atom. The predicted molar refractivity (Wildman–Crippen MR) is 64.5 cm³/mol. The second kappa shape index (κ2) is 4.87. The van der Waals surface area contributed by atoms with E-state index >= 15 is 0 Å². The van der Waals surface area contributed by atoms with Crippen molar-refractivity contribution in [2.45, 2.75) is 19.3 Å². The Morgan fingerprint density at radius 2 is 2.18 bits per heavy atom. The van der Waals surface area contributed by atoms with Gasteiger partial charge in [-0.2, -0.15) is 0 Å². The van der Waals surface area contributed by atoms with Gasteiger partial charge in [0.2, 0.25) is 0 Å². The summed E-state index contributed by atoms with van der Waals surface area (Å²) < 4.78 is 5.94. The molecule has 1 aromatic carbocycles. The van der Waals surface area contributed by atoms with E-state index in [1.54, 1.807) is 12.1 Å². The van der Waals surface area contributed by atoms with Crippen LogP contribution in [-0.2, 0) is 11.2 Å². The molecule has 0 radical (unpaired) electrons. The van der Waals surface area contributed by atoms with Crippen molar-refractivity contribution in [2.24, 2.45) is 0 Å². The van der Waals surface area contributed by atoms with Crippen LogP contribution in [0.4, 0.5) is 0 Å². The molecular formula is C12H11BrO4. The Kier molecular flexibility index (Phi) is 3.47. The van der Waals surface area contributed by atoms with E-state index in [2.05, 4.69) is 15.9 Å². The molecule has 17 heavy (non-hydrogen) atoms. The van der Waals surface area contributed by atoms with Crippen LogP contribution in [0.3, 0.4) is 0 Å². The minimum Gasteiger partial charge on any atom is -0.482 e. The Hall–Kier alpha value is -1.36. The molecule has 0 spiro atoms. The van der Waals surface area contributed by atoms with Crippen molar-refractivity contribution in [1.82, 2.24) is 0 Å². The Bertz CT molecular complexity index is 482. The number of carbonyl (C=O) groups excluding carboxylic acids is 1. The van der Waals surface area contributed by atoms with Crippen molar-refractivity contribution in [3.8, 4) is 5.75 Å². The smallest absolute Gasteiger partial charge is 0.341 e. The molecule has 90 valence electrons. The third kappa shape index (κ3) is 2.66. The number of carbonyl (C=O) groups is 2. The molecule has 1 aliphatic rings. The van der Waals surface area contributed by atoms with E-state index in [0.29, 0.717) is 17.7 Å². The first-order valence-corrected chi connectivity index (χ1v) is 6.07. The molecule has 2 rings (SSSR count). The first-order chi connectivity index (χ1) is 8.08. The maximum atomic E-state index is 11.7. The molecule has 0 unspecified atom stereocenters. The standard InChI is InChI=1S/C12H11BrO4/c13-7-4-9-8(2-1-3-10(9)14)11(5-7)17-6-12(15)16/h4-5H,1-3,6H2,(H,15,16). The number of ether oxygens (including phenoxy) is 1. The zero-order chi connectivity index (χ0) is 12.4. The molecule has 0 saturated carbocycles. The second-order valence-electron chi connectivity index (χ2n) is 3.89. The topological polar surface area (TPSA) is 63.6 Å². The van der Waals surface area contributed by atoms with Gasteiger partial charge in [0.15, 0.2) is 12.4 Å². The summed E-state index contributed by atoms with van der Waals surface area (Å²) in [5.41, 5.74) is 1.47. The minimum atomic E-state index is -1.03. The van der Waals surface area contributed by atoms with Gasteiger partial charge in [0.05, 0.1) is 0 Å². The fraction of sp³-hybridized carbons (Fsp3) is 0.333. The number of carboxylic acid groups (broad SMARTS) is 1. The highest BCUT2D eigenvalue weighted by Crippen LogP contribution is 2.33. The summed E-state index contributed by atoms with van der Waals surface area (Å²) in [5, 5.41) is 8.60.